The van der Waals surface area contributed by atoms with Gasteiger partial charge in [0, 0.05) is 9.92 Å². The van der Waals surface area contributed by atoms with Gasteiger partial charge < -0.3 is 0 Å². The summed E-state index contributed by atoms with van der Waals surface area (Å²) in [7, 11) is 0. The average Bonchev–Trinajstić information content (AvgIpc) is 2.71. The Morgan fingerprint density at radius 1 is 1.07 bits per heavy atom. The molecule has 0 aromatic heterocycles. The number of hydrogen-bond acceptors (Lipinski definition) is 3. The number of carbonyl (C=O) groups excluding carboxylic acids is 1. The Morgan fingerprint density at radius 3 is 2.68 bits per heavy atom. The van der Waals surface area contributed by atoms with Crippen LogP contribution in [0, 0.1) is 5.82 Å². The van der Waals surface area contributed by atoms with E-state index in [0.29, 0.717) is 10.6 Å². The fourth-order valence-electron chi connectivity index (χ4n) is 2.98. The molecule has 0 atom stereocenters. The van der Waals surface area contributed by atoms with Gasteiger partial charge in [0.25, 0.3) is 0 Å². The van der Waals surface area contributed by atoms with Gasteiger partial charge in [0.05, 0.1) is 22.8 Å². The predicted molar refractivity (Wildman–Crippen MR) is 116 cm³/mol. The highest BCUT2D eigenvalue weighted by atomic mass is 35.5. The molecule has 0 saturated carbocycles. The maximum absolute atomic E-state index is 13.4. The second-order valence-corrected chi connectivity index (χ2v) is 8.43. The molecule has 0 fully saturated rings. The van der Waals surface area contributed by atoms with E-state index in [1.807, 2.05) is 54.8 Å². The Labute approximate surface area is 176 Å². The summed E-state index contributed by atoms with van der Waals surface area (Å²) in [6, 6.07) is 19.7. The van der Waals surface area contributed by atoms with E-state index in [1.165, 1.54) is 24.1 Å². The number of para-hydroxylation sites is 1. The van der Waals surface area contributed by atoms with E-state index in [2.05, 4.69) is 0 Å². The van der Waals surface area contributed by atoms with E-state index in [0.717, 1.165) is 21.2 Å². The second-order valence-electron chi connectivity index (χ2n) is 6.16. The van der Waals surface area contributed by atoms with Crippen molar-refractivity contribution in [1.29, 1.82) is 0 Å². The van der Waals surface area contributed by atoms with Crippen LogP contribution in [0.25, 0.3) is 0 Å². The van der Waals surface area contributed by atoms with Crippen molar-refractivity contribution in [2.45, 2.75) is 16.3 Å². The third kappa shape index (κ3) is 3.72. The number of amides is 2. The number of halogens is 2. The molecule has 0 spiro atoms. The van der Waals surface area contributed by atoms with E-state index < -0.39 is 5.82 Å². The molecule has 0 unspecified atom stereocenters. The van der Waals surface area contributed by atoms with Crippen LogP contribution in [0.2, 0.25) is 5.02 Å². The Balaban J connectivity index is 1.74. The van der Waals surface area contributed by atoms with Crippen LogP contribution in [0.4, 0.5) is 20.6 Å². The predicted octanol–water partition coefficient (Wildman–Crippen LogP) is 6.85. The summed E-state index contributed by atoms with van der Waals surface area (Å²) >= 11 is 9.24. The van der Waals surface area contributed by atoms with Crippen LogP contribution in [0.1, 0.15) is 5.56 Å². The number of hydrogen-bond donors (Lipinski definition) is 0. The van der Waals surface area contributed by atoms with Gasteiger partial charge in [-0.15, -0.1) is 11.8 Å². The molecule has 142 valence electrons. The maximum atomic E-state index is 13.4. The molecule has 0 saturated heterocycles. The lowest BCUT2D eigenvalue weighted by molar-refractivity contribution is 0.254. The molecule has 28 heavy (non-hydrogen) atoms. The normalized spacial score (nSPS) is 13.6. The first-order valence-corrected chi connectivity index (χ1v) is 10.9. The first-order chi connectivity index (χ1) is 13.6. The van der Waals surface area contributed by atoms with Crippen molar-refractivity contribution in [1.82, 2.24) is 0 Å². The number of benzene rings is 3. The summed E-state index contributed by atoms with van der Waals surface area (Å²) in [5.41, 5.74) is 2.32. The van der Waals surface area contributed by atoms with Gasteiger partial charge in [0.15, 0.2) is 0 Å². The van der Waals surface area contributed by atoms with E-state index >= 15 is 0 Å². The van der Waals surface area contributed by atoms with Crippen LogP contribution in [0.15, 0.2) is 76.5 Å². The van der Waals surface area contributed by atoms with Crippen LogP contribution >= 0.6 is 35.3 Å². The van der Waals surface area contributed by atoms with Crippen molar-refractivity contribution >= 4 is 52.7 Å². The highest BCUT2D eigenvalue weighted by Gasteiger charge is 2.32. The number of nitrogens with zero attached hydrogens (tertiary/aromatic N) is 2. The van der Waals surface area contributed by atoms with Crippen molar-refractivity contribution in [3.8, 4) is 0 Å². The molecule has 2 amide bonds. The smallest absolute Gasteiger partial charge is 0.288 e. The number of fused-ring (bicyclic) bond motifs is 1. The Bertz CT molecular complexity index is 1050. The van der Waals surface area contributed by atoms with Crippen molar-refractivity contribution in [3.63, 3.8) is 0 Å². The zero-order valence-corrected chi connectivity index (χ0v) is 17.3. The molecule has 1 heterocycles. The third-order valence-corrected chi connectivity index (χ3v) is 6.55. The fourth-order valence-corrected chi connectivity index (χ4v) is 4.66. The summed E-state index contributed by atoms with van der Waals surface area (Å²) in [5, 5.41) is 0.305. The minimum Gasteiger partial charge on any atom is -0.288 e. The van der Waals surface area contributed by atoms with Crippen LogP contribution in [0.5, 0.6) is 0 Å². The van der Waals surface area contributed by atoms with Gasteiger partial charge in [-0.1, -0.05) is 35.9 Å². The lowest BCUT2D eigenvalue weighted by Gasteiger charge is -2.36. The minimum atomic E-state index is -0.398. The van der Waals surface area contributed by atoms with Gasteiger partial charge in [0.2, 0.25) is 0 Å². The molecule has 4 rings (SSSR count). The summed E-state index contributed by atoms with van der Waals surface area (Å²) in [5.74, 6) is -0.398. The Hall–Kier alpha value is -2.15. The van der Waals surface area contributed by atoms with E-state index in [-0.39, 0.29) is 12.6 Å². The quantitative estimate of drug-likeness (QED) is 0.334. The van der Waals surface area contributed by atoms with E-state index in [4.69, 9.17) is 11.6 Å². The lowest BCUT2D eigenvalue weighted by Crippen LogP contribution is -2.42. The SMILES string of the molecule is CSc1cccc(N2Sc3ccccc3N(Cc3ccc(F)cc3Cl)C2=O)c1. The number of urea groups is 1. The Kier molecular flexibility index (Phi) is 5.53. The van der Waals surface area contributed by atoms with Gasteiger partial charge in [-0.25, -0.2) is 13.5 Å². The fraction of sp³-hybridized carbons (Fsp3) is 0.0952. The largest absolute Gasteiger partial charge is 0.339 e. The zero-order valence-electron chi connectivity index (χ0n) is 14.9. The molecule has 3 aromatic rings. The molecule has 1 aliphatic rings. The first kappa shape index (κ1) is 19.2. The molecule has 0 radical (unpaired) electrons. The number of carbonyl (C=O) groups is 1. The van der Waals surface area contributed by atoms with Crippen molar-refractivity contribution < 1.29 is 9.18 Å². The van der Waals surface area contributed by atoms with Gasteiger partial charge in [-0.2, -0.15) is 0 Å². The zero-order chi connectivity index (χ0) is 19.7. The van der Waals surface area contributed by atoms with Gasteiger partial charge in [0.1, 0.15) is 5.82 Å². The molecule has 3 nitrogen and oxygen atoms in total. The van der Waals surface area contributed by atoms with Crippen molar-refractivity contribution in [2.24, 2.45) is 0 Å². The monoisotopic (exact) mass is 430 g/mol. The number of rotatable bonds is 4. The summed E-state index contributed by atoms with van der Waals surface area (Å²) < 4.78 is 15.1. The molecule has 0 aliphatic carbocycles. The highest BCUT2D eigenvalue weighted by Crippen LogP contribution is 2.42. The standard InChI is InChI=1S/C21H16ClFN2OS2/c1-27-17-6-4-5-16(12-17)25-21(26)24(19-7-2-3-8-20(19)28-25)13-14-9-10-15(23)11-18(14)22/h2-12H,13H2,1H3. The average molecular weight is 431 g/mol. The van der Waals surface area contributed by atoms with Gasteiger partial charge >= 0.3 is 6.03 Å². The number of thioether (sulfide) groups is 1. The van der Waals surface area contributed by atoms with Crippen LogP contribution < -0.4 is 9.21 Å². The van der Waals surface area contributed by atoms with Crippen molar-refractivity contribution in [3.05, 3.63) is 83.1 Å². The topological polar surface area (TPSA) is 23.6 Å². The lowest BCUT2D eigenvalue weighted by atomic mass is 10.2. The maximum Gasteiger partial charge on any atom is 0.339 e. The number of anilines is 2. The molecular formula is C21H16ClFN2OS2. The summed E-state index contributed by atoms with van der Waals surface area (Å²) in [4.78, 5) is 17.1. The van der Waals surface area contributed by atoms with Gasteiger partial charge in [-0.3, -0.25) is 4.90 Å². The molecule has 1 aliphatic heterocycles. The van der Waals surface area contributed by atoms with Crippen molar-refractivity contribution in [2.75, 3.05) is 15.5 Å². The first-order valence-electron chi connectivity index (χ1n) is 8.53. The van der Waals surface area contributed by atoms with Crippen LogP contribution in [-0.4, -0.2) is 12.3 Å². The molecule has 0 N–H and O–H groups in total. The summed E-state index contributed by atoms with van der Waals surface area (Å²) in [6.07, 6.45) is 2.00. The summed E-state index contributed by atoms with van der Waals surface area (Å²) in [6.45, 7) is 0.258. The van der Waals surface area contributed by atoms with Crippen LogP contribution in [0.3, 0.4) is 0 Å². The van der Waals surface area contributed by atoms with Crippen LogP contribution in [-0.2, 0) is 6.54 Å². The molecular weight excluding hydrogens is 415 g/mol. The minimum absolute atomic E-state index is 0.164. The van der Waals surface area contributed by atoms with Gasteiger partial charge in [-0.05, 0) is 66.2 Å². The Morgan fingerprint density at radius 2 is 1.89 bits per heavy atom. The molecule has 7 heteroatoms. The van der Waals surface area contributed by atoms with E-state index in [9.17, 15) is 9.18 Å². The van der Waals surface area contributed by atoms with E-state index in [1.54, 1.807) is 27.0 Å². The second kappa shape index (κ2) is 8.07. The molecule has 0 bridgehead atoms. The highest BCUT2D eigenvalue weighted by molar-refractivity contribution is 8.01. The molecule has 3 aromatic carbocycles. The third-order valence-electron chi connectivity index (χ3n) is 4.38.